The van der Waals surface area contributed by atoms with E-state index in [4.69, 9.17) is 20.6 Å². The second-order valence-corrected chi connectivity index (χ2v) is 8.68. The molecule has 0 aliphatic rings. The van der Waals surface area contributed by atoms with Crippen LogP contribution in [0.5, 0.6) is 0 Å². The van der Waals surface area contributed by atoms with Gasteiger partial charge in [0.25, 0.3) is 12.4 Å². The molecule has 0 fully saturated rings. The number of nitrogens with one attached hydrogen (secondary N) is 1. The van der Waals surface area contributed by atoms with Crippen LogP contribution in [0, 0.1) is 0 Å². The van der Waals surface area contributed by atoms with Crippen LogP contribution in [0.2, 0.25) is 0 Å². The number of fused-ring (bicyclic) bond motifs is 1. The number of nitrogens with two attached hydrogens (primary N) is 1. The second-order valence-electron chi connectivity index (χ2n) is 8.31. The minimum atomic E-state index is -0.250. The van der Waals surface area contributed by atoms with Gasteiger partial charge in [-0.15, -0.1) is 0 Å². The minimum Gasteiger partial charge on any atom is -0.483 e. The Labute approximate surface area is 227 Å². The van der Waals surface area contributed by atoms with Gasteiger partial charge >= 0.3 is 0 Å². The Hall–Kier alpha value is -4.31. The van der Waals surface area contributed by atoms with E-state index in [1.807, 2.05) is 85.3 Å². The lowest BCUT2D eigenvalue weighted by Crippen LogP contribution is -2.32. The standard InChI is InChI=1S/C27H30N6OS.CH2O2/c1-3-15-33(25-6-4-5-14-29-25)27(34)20-9-12-24-23(17-20)31-26(32(24)2)18-30-21-10-7-19(8-11-21)22(28)13-16-35;2-1-3/h4-14,17,30,35H,3,15-16,18,28H2,1-2H3;1H,(H,2,3)/b22-13-;. The van der Waals surface area contributed by atoms with Crippen molar-refractivity contribution in [3.8, 4) is 0 Å². The van der Waals surface area contributed by atoms with Crippen LogP contribution < -0.4 is 16.0 Å². The molecule has 10 heteroatoms. The number of anilines is 2. The normalized spacial score (nSPS) is 11.0. The highest BCUT2D eigenvalue weighted by molar-refractivity contribution is 7.80. The number of imidazole rings is 1. The largest absolute Gasteiger partial charge is 0.483 e. The fourth-order valence-corrected chi connectivity index (χ4v) is 4.13. The van der Waals surface area contributed by atoms with Gasteiger partial charge in [0.15, 0.2) is 0 Å². The lowest BCUT2D eigenvalue weighted by atomic mass is 10.1. The predicted molar refractivity (Wildman–Crippen MR) is 155 cm³/mol. The first-order chi connectivity index (χ1) is 18.4. The third-order valence-corrected chi connectivity index (χ3v) is 6.00. The third-order valence-electron chi connectivity index (χ3n) is 5.82. The number of carbonyl (C=O) groups excluding carboxylic acids is 1. The third kappa shape index (κ3) is 6.92. The molecule has 2 aromatic carbocycles. The molecule has 0 radical (unpaired) electrons. The number of rotatable bonds is 9. The van der Waals surface area contributed by atoms with E-state index in [1.165, 1.54) is 0 Å². The molecule has 4 N–H and O–H groups in total. The molecule has 9 nitrogen and oxygen atoms in total. The molecule has 2 aromatic heterocycles. The summed E-state index contributed by atoms with van der Waals surface area (Å²) < 4.78 is 2.04. The van der Waals surface area contributed by atoms with Crippen LogP contribution in [0.4, 0.5) is 11.5 Å². The summed E-state index contributed by atoms with van der Waals surface area (Å²) in [5.74, 6) is 2.05. The van der Waals surface area contributed by atoms with Crippen molar-refractivity contribution in [3.05, 3.63) is 89.9 Å². The van der Waals surface area contributed by atoms with Crippen LogP contribution in [0.15, 0.2) is 72.9 Å². The topological polar surface area (TPSA) is 126 Å². The molecule has 0 saturated heterocycles. The number of carboxylic acid groups (broad SMARTS) is 1. The maximum atomic E-state index is 13.3. The molecule has 2 heterocycles. The number of aryl methyl sites for hydroxylation is 1. The van der Waals surface area contributed by atoms with Gasteiger partial charge in [0.05, 0.1) is 17.6 Å². The van der Waals surface area contributed by atoms with Crippen LogP contribution in [0.3, 0.4) is 0 Å². The zero-order chi connectivity index (χ0) is 27.5. The van der Waals surface area contributed by atoms with E-state index in [0.717, 1.165) is 34.5 Å². The molecule has 0 aliphatic heterocycles. The summed E-state index contributed by atoms with van der Waals surface area (Å²) >= 11 is 4.19. The summed E-state index contributed by atoms with van der Waals surface area (Å²) in [7, 11) is 1.98. The predicted octanol–water partition coefficient (Wildman–Crippen LogP) is 4.57. The fourth-order valence-electron chi connectivity index (χ4n) is 3.93. The minimum absolute atomic E-state index is 0.0795. The van der Waals surface area contributed by atoms with E-state index in [2.05, 4.69) is 22.9 Å². The van der Waals surface area contributed by atoms with E-state index in [0.29, 0.717) is 35.9 Å². The molecule has 38 heavy (non-hydrogen) atoms. The van der Waals surface area contributed by atoms with Gasteiger partial charge in [-0.3, -0.25) is 14.5 Å². The van der Waals surface area contributed by atoms with Crippen LogP contribution in [0.1, 0.15) is 35.1 Å². The number of hydrogen-bond donors (Lipinski definition) is 4. The van der Waals surface area contributed by atoms with E-state index < -0.39 is 0 Å². The van der Waals surface area contributed by atoms with Crippen molar-refractivity contribution < 1.29 is 14.7 Å². The SMILES string of the molecule is CCCN(C(=O)c1ccc2c(c1)nc(CNc1ccc(/C(N)=C/CS)cc1)n2C)c1ccccn1.O=CO. The van der Waals surface area contributed by atoms with Crippen molar-refractivity contribution in [2.75, 3.05) is 22.5 Å². The van der Waals surface area contributed by atoms with Crippen molar-refractivity contribution in [1.29, 1.82) is 0 Å². The van der Waals surface area contributed by atoms with Crippen LogP contribution in [0.25, 0.3) is 16.7 Å². The Morgan fingerprint density at radius 1 is 1.16 bits per heavy atom. The average molecular weight is 533 g/mol. The first kappa shape index (κ1) is 28.3. The van der Waals surface area contributed by atoms with Crippen LogP contribution >= 0.6 is 12.6 Å². The maximum Gasteiger partial charge on any atom is 0.290 e. The van der Waals surface area contributed by atoms with Gasteiger partial charge in [0.2, 0.25) is 0 Å². The Bertz CT molecular complexity index is 1390. The molecule has 4 aromatic rings. The monoisotopic (exact) mass is 532 g/mol. The van der Waals surface area contributed by atoms with E-state index in [9.17, 15) is 4.79 Å². The van der Waals surface area contributed by atoms with Gasteiger partial charge in [-0.25, -0.2) is 9.97 Å². The zero-order valence-electron chi connectivity index (χ0n) is 21.4. The molecule has 0 atom stereocenters. The Morgan fingerprint density at radius 3 is 2.50 bits per heavy atom. The van der Waals surface area contributed by atoms with Gasteiger partial charge in [-0.1, -0.05) is 31.2 Å². The number of amides is 1. The molecular formula is C28H32N6O3S. The summed E-state index contributed by atoms with van der Waals surface area (Å²) in [5, 5.41) is 10.3. The number of thiol groups is 1. The zero-order valence-corrected chi connectivity index (χ0v) is 22.3. The summed E-state index contributed by atoms with van der Waals surface area (Å²) in [6.45, 7) is 2.94. The molecule has 0 aliphatic carbocycles. The highest BCUT2D eigenvalue weighted by Crippen LogP contribution is 2.21. The van der Waals surface area contributed by atoms with Crippen LogP contribution in [-0.4, -0.2) is 44.3 Å². The summed E-state index contributed by atoms with van der Waals surface area (Å²) in [6, 6.07) is 19.2. The van der Waals surface area contributed by atoms with Crippen molar-refractivity contribution in [3.63, 3.8) is 0 Å². The average Bonchev–Trinajstić information content (AvgIpc) is 3.26. The van der Waals surface area contributed by atoms with Gasteiger partial charge < -0.3 is 20.7 Å². The molecule has 0 spiro atoms. The number of aromatic nitrogens is 3. The molecule has 4 rings (SSSR count). The highest BCUT2D eigenvalue weighted by Gasteiger charge is 2.19. The smallest absolute Gasteiger partial charge is 0.290 e. The van der Waals surface area contributed by atoms with Gasteiger partial charge in [0.1, 0.15) is 11.6 Å². The number of nitrogens with zero attached hydrogens (tertiary/aromatic N) is 4. The second kappa shape index (κ2) is 13.8. The van der Waals surface area contributed by atoms with E-state index in [1.54, 1.807) is 11.1 Å². The molecule has 0 unspecified atom stereocenters. The Balaban J connectivity index is 0.00000127. The fraction of sp³-hybridized carbons (Fsp3) is 0.214. The summed E-state index contributed by atoms with van der Waals surface area (Å²) in [4.78, 5) is 32.6. The lowest BCUT2D eigenvalue weighted by Gasteiger charge is -2.21. The maximum absolute atomic E-state index is 13.3. The summed E-state index contributed by atoms with van der Waals surface area (Å²) in [6.07, 6.45) is 4.42. The summed E-state index contributed by atoms with van der Waals surface area (Å²) in [5.41, 5.74) is 11.0. The lowest BCUT2D eigenvalue weighted by molar-refractivity contribution is -0.122. The van der Waals surface area contributed by atoms with Crippen molar-refractivity contribution >= 4 is 53.2 Å². The van der Waals surface area contributed by atoms with Crippen molar-refractivity contribution in [2.24, 2.45) is 12.8 Å². The first-order valence-corrected chi connectivity index (χ1v) is 12.7. The van der Waals surface area contributed by atoms with Crippen LogP contribution in [-0.2, 0) is 18.4 Å². The number of hydrogen-bond acceptors (Lipinski definition) is 7. The molecule has 0 bridgehead atoms. The number of benzene rings is 2. The van der Waals surface area contributed by atoms with E-state index in [-0.39, 0.29) is 12.4 Å². The highest BCUT2D eigenvalue weighted by atomic mass is 32.1. The van der Waals surface area contributed by atoms with Gasteiger partial charge in [-0.05, 0) is 54.4 Å². The number of pyridine rings is 1. The van der Waals surface area contributed by atoms with Crippen molar-refractivity contribution in [2.45, 2.75) is 19.9 Å². The molecule has 0 saturated carbocycles. The molecule has 198 valence electrons. The van der Waals surface area contributed by atoms with Gasteiger partial charge in [-0.2, -0.15) is 12.6 Å². The van der Waals surface area contributed by atoms with Gasteiger partial charge in [0, 0.05) is 42.5 Å². The Kier molecular flexibility index (Phi) is 10.3. The molecular weight excluding hydrogens is 500 g/mol. The molecule has 1 amide bonds. The first-order valence-electron chi connectivity index (χ1n) is 12.1. The Morgan fingerprint density at radius 2 is 1.87 bits per heavy atom. The van der Waals surface area contributed by atoms with Crippen molar-refractivity contribution in [1.82, 2.24) is 14.5 Å². The van der Waals surface area contributed by atoms with E-state index >= 15 is 0 Å². The quantitative estimate of drug-likeness (QED) is 0.184. The number of carbonyl (C=O) groups is 2.